The standard InChI is InChI=1S/C9H17NO4S/c1-15(13,14)8-4-2-7(3-5-8)6-10-9(11)12/h7-8,10H,2-6H2,1H3,(H,11,12)/t7-,8-. The highest BCUT2D eigenvalue weighted by Crippen LogP contribution is 2.27. The molecule has 0 spiro atoms. The summed E-state index contributed by atoms with van der Waals surface area (Å²) >= 11 is 0. The fourth-order valence-corrected chi connectivity index (χ4v) is 3.12. The molecule has 0 radical (unpaired) electrons. The summed E-state index contributed by atoms with van der Waals surface area (Å²) in [6, 6.07) is 0. The molecule has 1 fully saturated rings. The third-order valence-corrected chi connectivity index (χ3v) is 4.62. The minimum Gasteiger partial charge on any atom is -0.465 e. The zero-order valence-electron chi connectivity index (χ0n) is 8.77. The molecule has 0 aliphatic heterocycles. The van der Waals surface area contributed by atoms with Crippen LogP contribution in [0.2, 0.25) is 0 Å². The lowest BCUT2D eigenvalue weighted by molar-refractivity contribution is 0.190. The molecule has 15 heavy (non-hydrogen) atoms. The van der Waals surface area contributed by atoms with Gasteiger partial charge in [-0.2, -0.15) is 0 Å². The Morgan fingerprint density at radius 1 is 1.33 bits per heavy atom. The number of sulfone groups is 1. The van der Waals surface area contributed by atoms with Crippen molar-refractivity contribution < 1.29 is 18.3 Å². The van der Waals surface area contributed by atoms with E-state index < -0.39 is 15.9 Å². The Bertz CT molecular complexity index is 317. The van der Waals surface area contributed by atoms with Crippen LogP contribution in [0.5, 0.6) is 0 Å². The molecule has 2 N–H and O–H groups in total. The Morgan fingerprint density at radius 3 is 2.27 bits per heavy atom. The van der Waals surface area contributed by atoms with E-state index >= 15 is 0 Å². The predicted molar refractivity (Wildman–Crippen MR) is 56.6 cm³/mol. The first-order valence-electron chi connectivity index (χ1n) is 5.05. The van der Waals surface area contributed by atoms with Gasteiger partial charge in [0, 0.05) is 12.8 Å². The smallest absolute Gasteiger partial charge is 0.404 e. The van der Waals surface area contributed by atoms with Gasteiger partial charge in [0.15, 0.2) is 0 Å². The van der Waals surface area contributed by atoms with Gasteiger partial charge in [-0.1, -0.05) is 0 Å². The van der Waals surface area contributed by atoms with Crippen molar-refractivity contribution in [3.05, 3.63) is 0 Å². The van der Waals surface area contributed by atoms with Crippen molar-refractivity contribution in [2.45, 2.75) is 30.9 Å². The van der Waals surface area contributed by atoms with Crippen LogP contribution in [-0.4, -0.2) is 37.7 Å². The van der Waals surface area contributed by atoms with Crippen LogP contribution in [0, 0.1) is 5.92 Å². The minimum atomic E-state index is -2.92. The van der Waals surface area contributed by atoms with E-state index in [9.17, 15) is 13.2 Å². The Kier molecular flexibility index (Phi) is 3.96. The summed E-state index contributed by atoms with van der Waals surface area (Å²) in [6.45, 7) is 0.436. The maximum atomic E-state index is 11.2. The quantitative estimate of drug-likeness (QED) is 0.760. The van der Waals surface area contributed by atoms with Gasteiger partial charge in [-0.25, -0.2) is 13.2 Å². The number of amides is 1. The predicted octanol–water partition coefficient (Wildman–Crippen LogP) is 0.857. The van der Waals surface area contributed by atoms with Gasteiger partial charge in [0.1, 0.15) is 9.84 Å². The average molecular weight is 235 g/mol. The summed E-state index contributed by atoms with van der Waals surface area (Å²) in [5.74, 6) is 0.291. The summed E-state index contributed by atoms with van der Waals surface area (Å²) in [5, 5.41) is 10.5. The number of rotatable bonds is 3. The molecule has 0 bridgehead atoms. The molecule has 0 aromatic heterocycles. The van der Waals surface area contributed by atoms with E-state index in [4.69, 9.17) is 5.11 Å². The highest BCUT2D eigenvalue weighted by molar-refractivity contribution is 7.91. The molecule has 1 saturated carbocycles. The van der Waals surface area contributed by atoms with Crippen molar-refractivity contribution in [1.29, 1.82) is 0 Å². The molecule has 88 valence electrons. The lowest BCUT2D eigenvalue weighted by Crippen LogP contribution is -2.33. The fraction of sp³-hybridized carbons (Fsp3) is 0.889. The van der Waals surface area contributed by atoms with E-state index in [1.807, 2.05) is 0 Å². The van der Waals surface area contributed by atoms with Gasteiger partial charge < -0.3 is 10.4 Å². The summed E-state index contributed by atoms with van der Waals surface area (Å²) in [5.41, 5.74) is 0. The van der Waals surface area contributed by atoms with Crippen molar-refractivity contribution >= 4 is 15.9 Å². The minimum absolute atomic E-state index is 0.224. The van der Waals surface area contributed by atoms with Crippen LogP contribution < -0.4 is 5.32 Å². The Hall–Kier alpha value is -0.780. The maximum absolute atomic E-state index is 11.2. The van der Waals surface area contributed by atoms with Gasteiger partial charge in [-0.15, -0.1) is 0 Å². The molecular weight excluding hydrogens is 218 g/mol. The molecule has 1 aliphatic rings. The molecule has 1 aliphatic carbocycles. The molecule has 6 heteroatoms. The van der Waals surface area contributed by atoms with Crippen molar-refractivity contribution in [3.8, 4) is 0 Å². The molecule has 1 rings (SSSR count). The number of carboxylic acid groups (broad SMARTS) is 1. The van der Waals surface area contributed by atoms with Crippen molar-refractivity contribution in [1.82, 2.24) is 5.32 Å². The van der Waals surface area contributed by atoms with Crippen LogP contribution in [0.15, 0.2) is 0 Å². The molecule has 0 saturated heterocycles. The molecule has 1 amide bonds. The third kappa shape index (κ3) is 4.07. The van der Waals surface area contributed by atoms with Crippen molar-refractivity contribution in [2.24, 2.45) is 5.92 Å². The average Bonchev–Trinajstić information content (AvgIpc) is 2.14. The van der Waals surface area contributed by atoms with Crippen LogP contribution in [0.25, 0.3) is 0 Å². The van der Waals surface area contributed by atoms with Crippen molar-refractivity contribution in [2.75, 3.05) is 12.8 Å². The van der Waals surface area contributed by atoms with E-state index in [1.165, 1.54) is 6.26 Å². The van der Waals surface area contributed by atoms with Crippen LogP contribution in [0.4, 0.5) is 4.79 Å². The zero-order chi connectivity index (χ0) is 11.5. The number of nitrogens with one attached hydrogen (secondary N) is 1. The first-order chi connectivity index (χ1) is 6.89. The first-order valence-corrected chi connectivity index (χ1v) is 7.00. The van der Waals surface area contributed by atoms with Gasteiger partial charge in [0.25, 0.3) is 0 Å². The van der Waals surface area contributed by atoms with E-state index in [1.54, 1.807) is 0 Å². The molecule has 0 unspecified atom stereocenters. The summed E-state index contributed by atoms with van der Waals surface area (Å²) in [6.07, 6.45) is 3.15. The molecular formula is C9H17NO4S. The SMILES string of the molecule is CS(=O)(=O)[C@H]1CC[C@H](CNC(=O)O)CC1. The van der Waals surface area contributed by atoms with Crippen LogP contribution in [0.3, 0.4) is 0 Å². The Labute approximate surface area is 89.8 Å². The molecule has 0 atom stereocenters. The fourth-order valence-electron chi connectivity index (χ4n) is 2.00. The van der Waals surface area contributed by atoms with E-state index in [0.29, 0.717) is 25.3 Å². The largest absolute Gasteiger partial charge is 0.465 e. The second-order valence-electron chi connectivity index (χ2n) is 4.16. The summed E-state index contributed by atoms with van der Waals surface area (Å²) in [7, 11) is -2.92. The van der Waals surface area contributed by atoms with Gasteiger partial charge >= 0.3 is 6.09 Å². The number of hydrogen-bond acceptors (Lipinski definition) is 3. The zero-order valence-corrected chi connectivity index (χ0v) is 9.59. The number of hydrogen-bond donors (Lipinski definition) is 2. The monoisotopic (exact) mass is 235 g/mol. The van der Waals surface area contributed by atoms with Crippen LogP contribution in [-0.2, 0) is 9.84 Å². The molecule has 0 aromatic rings. The summed E-state index contributed by atoms with van der Waals surface area (Å²) in [4.78, 5) is 10.3. The highest BCUT2D eigenvalue weighted by Gasteiger charge is 2.27. The maximum Gasteiger partial charge on any atom is 0.404 e. The van der Waals surface area contributed by atoms with Crippen LogP contribution >= 0.6 is 0 Å². The van der Waals surface area contributed by atoms with Gasteiger partial charge in [0.2, 0.25) is 0 Å². The molecule has 5 nitrogen and oxygen atoms in total. The Morgan fingerprint density at radius 2 is 1.87 bits per heavy atom. The second-order valence-corrected chi connectivity index (χ2v) is 6.48. The molecule has 0 aromatic carbocycles. The van der Waals surface area contributed by atoms with E-state index in [2.05, 4.69) is 5.32 Å². The Balaban J connectivity index is 2.33. The van der Waals surface area contributed by atoms with Crippen LogP contribution in [0.1, 0.15) is 25.7 Å². The molecule has 0 heterocycles. The van der Waals surface area contributed by atoms with Gasteiger partial charge in [0.05, 0.1) is 5.25 Å². The van der Waals surface area contributed by atoms with E-state index in [-0.39, 0.29) is 5.25 Å². The topological polar surface area (TPSA) is 83.5 Å². The van der Waals surface area contributed by atoms with Crippen molar-refractivity contribution in [3.63, 3.8) is 0 Å². The lowest BCUT2D eigenvalue weighted by atomic mass is 9.89. The summed E-state index contributed by atoms with van der Waals surface area (Å²) < 4.78 is 22.5. The highest BCUT2D eigenvalue weighted by atomic mass is 32.2. The van der Waals surface area contributed by atoms with Gasteiger partial charge in [-0.05, 0) is 31.6 Å². The first kappa shape index (κ1) is 12.3. The van der Waals surface area contributed by atoms with E-state index in [0.717, 1.165) is 12.8 Å². The number of carbonyl (C=O) groups is 1. The second kappa shape index (κ2) is 4.83. The normalized spacial score (nSPS) is 27.3. The van der Waals surface area contributed by atoms with Gasteiger partial charge in [-0.3, -0.25) is 0 Å². The lowest BCUT2D eigenvalue weighted by Gasteiger charge is -2.27. The third-order valence-electron chi connectivity index (χ3n) is 2.94.